The van der Waals surface area contributed by atoms with E-state index >= 15 is 0 Å². The molecule has 0 spiro atoms. The van der Waals surface area contributed by atoms with Crippen LogP contribution in [0.3, 0.4) is 0 Å². The predicted octanol–water partition coefficient (Wildman–Crippen LogP) is 2.20. The number of carbonyl (C=O) groups is 1. The van der Waals surface area contributed by atoms with Crippen molar-refractivity contribution in [2.24, 2.45) is 0 Å². The van der Waals surface area contributed by atoms with Crippen molar-refractivity contribution in [3.05, 3.63) is 72.0 Å². The van der Waals surface area contributed by atoms with Crippen molar-refractivity contribution in [1.82, 2.24) is 24.8 Å². The zero-order chi connectivity index (χ0) is 20.9. The van der Waals surface area contributed by atoms with Gasteiger partial charge in [-0.25, -0.2) is 19.3 Å². The van der Waals surface area contributed by atoms with Crippen molar-refractivity contribution in [2.45, 2.75) is 13.1 Å². The fourth-order valence-electron chi connectivity index (χ4n) is 3.36. The molecule has 0 radical (unpaired) electrons. The molecule has 1 aromatic carbocycles. The van der Waals surface area contributed by atoms with Crippen molar-refractivity contribution in [1.29, 1.82) is 0 Å². The number of amides is 1. The lowest BCUT2D eigenvalue weighted by Gasteiger charge is -2.33. The van der Waals surface area contributed by atoms with Gasteiger partial charge < -0.3 is 14.2 Å². The first-order chi connectivity index (χ1) is 14.6. The highest BCUT2D eigenvalue weighted by Gasteiger charge is 2.22. The Bertz CT molecular complexity index is 971. The Labute approximate surface area is 174 Å². The van der Waals surface area contributed by atoms with Gasteiger partial charge in [-0.15, -0.1) is 0 Å². The van der Waals surface area contributed by atoms with Gasteiger partial charge in [0.15, 0.2) is 5.69 Å². The van der Waals surface area contributed by atoms with Gasteiger partial charge in [-0.1, -0.05) is 12.1 Å². The molecule has 1 saturated heterocycles. The van der Waals surface area contributed by atoms with Crippen LogP contribution in [-0.2, 0) is 13.1 Å². The first kappa shape index (κ1) is 20.0. The number of nitrogens with zero attached hydrogens (tertiary/aromatic N) is 6. The molecule has 3 aromatic rings. The quantitative estimate of drug-likeness (QED) is 0.616. The van der Waals surface area contributed by atoms with Gasteiger partial charge in [-0.2, -0.15) is 0 Å². The summed E-state index contributed by atoms with van der Waals surface area (Å²) in [7, 11) is 1.69. The van der Waals surface area contributed by atoms with E-state index in [2.05, 4.69) is 24.8 Å². The lowest BCUT2D eigenvalue weighted by atomic mass is 10.2. The molecule has 0 N–H and O–H groups in total. The third-order valence-electron chi connectivity index (χ3n) is 5.02. The largest absolute Gasteiger partial charge is 0.447 e. The lowest BCUT2D eigenvalue weighted by molar-refractivity contribution is 0.0779. The highest BCUT2D eigenvalue weighted by molar-refractivity contribution is 5.91. The maximum absolute atomic E-state index is 13.0. The Morgan fingerprint density at radius 3 is 2.53 bits per heavy atom. The van der Waals surface area contributed by atoms with Crippen LogP contribution < -0.4 is 4.90 Å². The van der Waals surface area contributed by atoms with Gasteiger partial charge in [0.2, 0.25) is 11.8 Å². The van der Waals surface area contributed by atoms with Crippen molar-refractivity contribution in [2.75, 3.05) is 38.1 Å². The van der Waals surface area contributed by atoms with E-state index in [0.717, 1.165) is 37.7 Å². The van der Waals surface area contributed by atoms with Gasteiger partial charge in [-0.05, 0) is 23.8 Å². The van der Waals surface area contributed by atoms with E-state index in [9.17, 15) is 9.18 Å². The predicted molar refractivity (Wildman–Crippen MR) is 108 cm³/mol. The molecule has 1 aliphatic rings. The Morgan fingerprint density at radius 1 is 1.13 bits per heavy atom. The van der Waals surface area contributed by atoms with Crippen LogP contribution in [0, 0.1) is 5.82 Å². The summed E-state index contributed by atoms with van der Waals surface area (Å²) in [5, 5.41) is 0. The van der Waals surface area contributed by atoms with Gasteiger partial charge in [0.1, 0.15) is 12.1 Å². The molecule has 0 aliphatic carbocycles. The summed E-state index contributed by atoms with van der Waals surface area (Å²) >= 11 is 0. The van der Waals surface area contributed by atoms with Crippen molar-refractivity contribution < 1.29 is 13.6 Å². The number of hydrogen-bond acceptors (Lipinski definition) is 7. The summed E-state index contributed by atoms with van der Waals surface area (Å²) in [5.41, 5.74) is 1.11. The maximum atomic E-state index is 13.0. The molecule has 156 valence electrons. The number of anilines is 1. The summed E-state index contributed by atoms with van der Waals surface area (Å²) < 4.78 is 18.6. The standard InChI is InChI=1S/C21H23FN6O2/c1-26(13-16-3-5-17(22)6-4-16)20(29)18-15-30-19(25-18)14-27-9-11-28(12-10-27)21-23-7-2-8-24-21/h2-8,15H,9-14H2,1H3. The molecule has 2 aromatic heterocycles. The van der Waals surface area contributed by atoms with Crippen molar-refractivity contribution >= 4 is 11.9 Å². The van der Waals surface area contributed by atoms with E-state index in [1.165, 1.54) is 23.3 Å². The fraction of sp³-hybridized carbons (Fsp3) is 0.333. The number of hydrogen-bond donors (Lipinski definition) is 0. The van der Waals surface area contributed by atoms with E-state index in [0.29, 0.717) is 19.0 Å². The zero-order valence-electron chi connectivity index (χ0n) is 16.7. The lowest BCUT2D eigenvalue weighted by Crippen LogP contribution is -2.46. The molecule has 1 amide bonds. The fourth-order valence-corrected chi connectivity index (χ4v) is 3.36. The molecule has 30 heavy (non-hydrogen) atoms. The molecule has 0 atom stereocenters. The summed E-state index contributed by atoms with van der Waals surface area (Å²) in [4.78, 5) is 31.5. The van der Waals surface area contributed by atoms with E-state index in [1.807, 2.05) is 0 Å². The van der Waals surface area contributed by atoms with Gasteiger partial charge in [0.05, 0.1) is 6.54 Å². The Kier molecular flexibility index (Phi) is 5.99. The Hall–Kier alpha value is -3.33. The van der Waals surface area contributed by atoms with E-state index in [4.69, 9.17) is 4.42 Å². The third-order valence-corrected chi connectivity index (χ3v) is 5.02. The van der Waals surface area contributed by atoms with Crippen LogP contribution in [0.5, 0.6) is 0 Å². The van der Waals surface area contributed by atoms with E-state index < -0.39 is 0 Å². The smallest absolute Gasteiger partial charge is 0.275 e. The second kappa shape index (κ2) is 9.00. The molecule has 9 heteroatoms. The Morgan fingerprint density at radius 2 is 1.83 bits per heavy atom. The molecule has 4 rings (SSSR count). The van der Waals surface area contributed by atoms with Crippen LogP contribution in [-0.4, -0.2) is 63.9 Å². The molecule has 1 aliphatic heterocycles. The summed E-state index contributed by atoms with van der Waals surface area (Å²) in [6.07, 6.45) is 4.88. The topological polar surface area (TPSA) is 78.6 Å². The zero-order valence-corrected chi connectivity index (χ0v) is 16.7. The highest BCUT2D eigenvalue weighted by Crippen LogP contribution is 2.14. The number of piperazine rings is 1. The number of benzene rings is 1. The second-order valence-corrected chi connectivity index (χ2v) is 7.23. The van der Waals surface area contributed by atoms with Crippen LogP contribution in [0.25, 0.3) is 0 Å². The first-order valence-electron chi connectivity index (χ1n) is 9.77. The Balaban J connectivity index is 1.29. The SMILES string of the molecule is CN(Cc1ccc(F)cc1)C(=O)c1coc(CN2CCN(c3ncccn3)CC2)n1. The minimum absolute atomic E-state index is 0.236. The summed E-state index contributed by atoms with van der Waals surface area (Å²) in [6, 6.07) is 7.89. The number of oxazole rings is 1. The van der Waals surface area contributed by atoms with Gasteiger partial charge in [-0.3, -0.25) is 9.69 Å². The number of rotatable bonds is 6. The third kappa shape index (κ3) is 4.80. The highest BCUT2D eigenvalue weighted by atomic mass is 19.1. The minimum atomic E-state index is -0.300. The molecule has 0 saturated carbocycles. The van der Waals surface area contributed by atoms with Gasteiger partial charge in [0.25, 0.3) is 5.91 Å². The van der Waals surface area contributed by atoms with Crippen LogP contribution in [0.2, 0.25) is 0 Å². The second-order valence-electron chi connectivity index (χ2n) is 7.23. The van der Waals surface area contributed by atoms with Crippen LogP contribution in [0.1, 0.15) is 21.9 Å². The van der Waals surface area contributed by atoms with Gasteiger partial charge >= 0.3 is 0 Å². The van der Waals surface area contributed by atoms with Crippen molar-refractivity contribution in [3.63, 3.8) is 0 Å². The minimum Gasteiger partial charge on any atom is -0.447 e. The molecular formula is C21H23FN6O2. The summed E-state index contributed by atoms with van der Waals surface area (Å²) in [6.45, 7) is 4.19. The number of halogens is 1. The molecule has 3 heterocycles. The van der Waals surface area contributed by atoms with Crippen LogP contribution >= 0.6 is 0 Å². The molecule has 1 fully saturated rings. The average Bonchev–Trinajstić information content (AvgIpc) is 3.24. The van der Waals surface area contributed by atoms with E-state index in [1.54, 1.807) is 37.6 Å². The van der Waals surface area contributed by atoms with Crippen molar-refractivity contribution in [3.8, 4) is 0 Å². The molecule has 8 nitrogen and oxygen atoms in total. The van der Waals surface area contributed by atoms with Gasteiger partial charge in [0, 0.05) is 52.2 Å². The van der Waals surface area contributed by atoms with Crippen LogP contribution in [0.15, 0.2) is 53.4 Å². The molecule has 0 bridgehead atoms. The monoisotopic (exact) mass is 410 g/mol. The van der Waals surface area contributed by atoms with Crippen LogP contribution in [0.4, 0.5) is 10.3 Å². The normalized spacial score (nSPS) is 14.7. The summed E-state index contributed by atoms with van der Waals surface area (Å²) in [5.74, 6) is 0.717. The van der Waals surface area contributed by atoms with E-state index in [-0.39, 0.29) is 17.4 Å². The molecular weight excluding hydrogens is 387 g/mol. The first-order valence-corrected chi connectivity index (χ1v) is 9.77. The molecule has 0 unspecified atom stereocenters. The number of aromatic nitrogens is 3. The average molecular weight is 410 g/mol. The maximum Gasteiger partial charge on any atom is 0.275 e. The number of carbonyl (C=O) groups excluding carboxylic acids is 1.